The number of allylic oxidation sites excluding steroid dienone is 1. The third-order valence-corrected chi connectivity index (χ3v) is 8.19. The lowest BCUT2D eigenvalue weighted by atomic mass is 10.7. The predicted octanol–water partition coefficient (Wildman–Crippen LogP) is 2.78. The lowest BCUT2D eigenvalue weighted by Gasteiger charge is -2.28. The zero-order valence-electron chi connectivity index (χ0n) is 9.73. The van der Waals surface area contributed by atoms with Crippen LogP contribution in [0.4, 0.5) is 0 Å². The predicted molar refractivity (Wildman–Crippen MR) is 62.9 cm³/mol. The van der Waals surface area contributed by atoms with Gasteiger partial charge in [-0.3, -0.25) is 0 Å². The summed E-state index contributed by atoms with van der Waals surface area (Å²) in [5, 5.41) is 1.26. The van der Waals surface area contributed by atoms with Crippen LogP contribution in [0.3, 0.4) is 0 Å². The molecule has 0 aliphatic heterocycles. The number of hydrogen-bond donors (Lipinski definition) is 0. The molecule has 0 aliphatic carbocycles. The van der Waals surface area contributed by atoms with Gasteiger partial charge in [0.15, 0.2) is 8.32 Å². The fourth-order valence-electron chi connectivity index (χ4n) is 0.943. The molecule has 0 aromatic heterocycles. The van der Waals surface area contributed by atoms with Crippen molar-refractivity contribution in [1.82, 2.24) is 0 Å². The SMILES string of the molecule is C=C(C[Si](C)(C)OC)[Si](C)(C)OC. The first-order chi connectivity index (χ1) is 5.75. The zero-order valence-corrected chi connectivity index (χ0v) is 11.7. The molecule has 4 heteroatoms. The van der Waals surface area contributed by atoms with Gasteiger partial charge in [-0.15, -0.1) is 6.58 Å². The minimum atomic E-state index is -1.65. The Bertz CT molecular complexity index is 188. The molecule has 0 N–H and O–H groups in total. The maximum Gasteiger partial charge on any atom is 0.212 e. The molecule has 0 saturated carbocycles. The second-order valence-corrected chi connectivity index (χ2v) is 12.9. The van der Waals surface area contributed by atoms with E-state index in [4.69, 9.17) is 8.85 Å². The largest absolute Gasteiger partial charge is 0.420 e. The summed E-state index contributed by atoms with van der Waals surface area (Å²) in [7, 11) is 0.411. The van der Waals surface area contributed by atoms with Gasteiger partial charge in [0.2, 0.25) is 8.32 Å². The summed E-state index contributed by atoms with van der Waals surface area (Å²) < 4.78 is 11.0. The summed E-state index contributed by atoms with van der Waals surface area (Å²) in [6, 6.07) is 1.01. The van der Waals surface area contributed by atoms with Crippen LogP contribution < -0.4 is 0 Å². The maximum absolute atomic E-state index is 5.50. The van der Waals surface area contributed by atoms with Crippen LogP contribution >= 0.6 is 0 Å². The van der Waals surface area contributed by atoms with Crippen LogP contribution in [0, 0.1) is 0 Å². The third-order valence-electron chi connectivity index (χ3n) is 2.55. The summed E-state index contributed by atoms with van der Waals surface area (Å²) in [5.41, 5.74) is 0. The van der Waals surface area contributed by atoms with Gasteiger partial charge in [-0.1, -0.05) is 5.20 Å². The summed E-state index contributed by atoms with van der Waals surface area (Å²) in [4.78, 5) is 0. The van der Waals surface area contributed by atoms with Crippen molar-refractivity contribution >= 4 is 16.6 Å². The maximum atomic E-state index is 5.50. The molecule has 0 amide bonds. The van der Waals surface area contributed by atoms with Gasteiger partial charge < -0.3 is 8.85 Å². The Hall–Kier alpha value is 0.0938. The van der Waals surface area contributed by atoms with E-state index in [0.717, 1.165) is 6.04 Å². The van der Waals surface area contributed by atoms with E-state index in [-0.39, 0.29) is 0 Å². The van der Waals surface area contributed by atoms with Gasteiger partial charge in [0.05, 0.1) is 0 Å². The molecule has 0 fully saturated rings. The molecule has 0 saturated heterocycles. The quantitative estimate of drug-likeness (QED) is 0.661. The van der Waals surface area contributed by atoms with E-state index in [1.165, 1.54) is 5.20 Å². The number of rotatable bonds is 5. The molecule has 0 unspecified atom stereocenters. The fraction of sp³-hybridized carbons (Fsp3) is 0.778. The molecule has 0 bridgehead atoms. The Kier molecular flexibility index (Phi) is 4.58. The van der Waals surface area contributed by atoms with Gasteiger partial charge in [0.25, 0.3) is 0 Å². The van der Waals surface area contributed by atoms with Crippen LogP contribution in [0.15, 0.2) is 11.8 Å². The first-order valence-corrected chi connectivity index (χ1v) is 10.6. The Labute approximate surface area is 84.2 Å². The zero-order chi connectivity index (χ0) is 10.7. The summed E-state index contributed by atoms with van der Waals surface area (Å²) in [6.07, 6.45) is 0. The second-order valence-electron chi connectivity index (χ2n) is 4.46. The smallest absolute Gasteiger partial charge is 0.212 e. The van der Waals surface area contributed by atoms with Gasteiger partial charge in [0, 0.05) is 14.2 Å². The molecule has 0 aromatic carbocycles. The van der Waals surface area contributed by atoms with Crippen LogP contribution in [-0.2, 0) is 8.85 Å². The molecular weight excluding hydrogens is 196 g/mol. The lowest BCUT2D eigenvalue weighted by Crippen LogP contribution is -2.38. The summed E-state index contributed by atoms with van der Waals surface area (Å²) >= 11 is 0. The normalized spacial score (nSPS) is 13.1. The second kappa shape index (κ2) is 4.55. The molecule has 0 rings (SSSR count). The highest BCUT2D eigenvalue weighted by molar-refractivity contribution is 6.82. The minimum absolute atomic E-state index is 1.01. The average molecular weight is 218 g/mol. The van der Waals surface area contributed by atoms with Crippen molar-refractivity contribution in [3.05, 3.63) is 11.8 Å². The monoisotopic (exact) mass is 218 g/mol. The van der Waals surface area contributed by atoms with E-state index >= 15 is 0 Å². The molecule has 0 spiro atoms. The highest BCUT2D eigenvalue weighted by Crippen LogP contribution is 2.24. The molecule has 0 aliphatic rings. The van der Waals surface area contributed by atoms with Crippen molar-refractivity contribution in [1.29, 1.82) is 0 Å². The summed E-state index contributed by atoms with van der Waals surface area (Å²) in [6.45, 7) is 12.9. The van der Waals surface area contributed by atoms with Crippen LogP contribution in [0.25, 0.3) is 0 Å². The van der Waals surface area contributed by atoms with E-state index < -0.39 is 16.6 Å². The Balaban J connectivity index is 4.31. The standard InChI is InChI=1S/C9H22O2Si2/c1-9(13(6,7)11-3)8-12(4,5)10-2/h1,8H2,2-7H3. The van der Waals surface area contributed by atoms with Crippen LogP contribution in [-0.4, -0.2) is 30.9 Å². The average Bonchev–Trinajstić information content (AvgIpc) is 2.04. The van der Waals surface area contributed by atoms with Crippen molar-refractivity contribution in [2.75, 3.05) is 14.2 Å². The van der Waals surface area contributed by atoms with Crippen molar-refractivity contribution in [2.24, 2.45) is 0 Å². The highest BCUT2D eigenvalue weighted by Gasteiger charge is 2.31. The van der Waals surface area contributed by atoms with E-state index in [0.29, 0.717) is 0 Å². The van der Waals surface area contributed by atoms with Crippen molar-refractivity contribution in [2.45, 2.75) is 32.2 Å². The fourth-order valence-corrected chi connectivity index (χ4v) is 5.38. The number of hydrogen-bond acceptors (Lipinski definition) is 2. The van der Waals surface area contributed by atoms with Gasteiger partial charge >= 0.3 is 0 Å². The first kappa shape index (κ1) is 13.1. The molecular formula is C9H22O2Si2. The Morgan fingerprint density at radius 2 is 1.54 bits per heavy atom. The first-order valence-electron chi connectivity index (χ1n) is 4.54. The van der Waals surface area contributed by atoms with E-state index in [2.05, 4.69) is 32.8 Å². The third kappa shape index (κ3) is 4.22. The van der Waals surface area contributed by atoms with Gasteiger partial charge in [-0.05, 0) is 32.2 Å². The molecule has 78 valence electrons. The van der Waals surface area contributed by atoms with Gasteiger partial charge in [0.1, 0.15) is 0 Å². The molecule has 0 radical (unpaired) electrons. The molecule has 13 heavy (non-hydrogen) atoms. The van der Waals surface area contributed by atoms with Crippen LogP contribution in [0.5, 0.6) is 0 Å². The molecule has 0 atom stereocenters. The van der Waals surface area contributed by atoms with Crippen LogP contribution in [0.1, 0.15) is 0 Å². The van der Waals surface area contributed by atoms with Crippen molar-refractivity contribution in [3.8, 4) is 0 Å². The Morgan fingerprint density at radius 3 is 1.85 bits per heavy atom. The van der Waals surface area contributed by atoms with Crippen molar-refractivity contribution < 1.29 is 8.85 Å². The van der Waals surface area contributed by atoms with Gasteiger partial charge in [-0.2, -0.15) is 0 Å². The van der Waals surface area contributed by atoms with Crippen LogP contribution in [0.2, 0.25) is 32.2 Å². The lowest BCUT2D eigenvalue weighted by molar-refractivity contribution is 0.400. The van der Waals surface area contributed by atoms with E-state index in [9.17, 15) is 0 Å². The topological polar surface area (TPSA) is 18.5 Å². The van der Waals surface area contributed by atoms with Crippen molar-refractivity contribution in [3.63, 3.8) is 0 Å². The summed E-state index contributed by atoms with van der Waals surface area (Å²) in [5.74, 6) is 0. The van der Waals surface area contributed by atoms with E-state index in [1.54, 1.807) is 14.2 Å². The molecule has 0 aromatic rings. The van der Waals surface area contributed by atoms with E-state index in [1.807, 2.05) is 0 Å². The van der Waals surface area contributed by atoms with Gasteiger partial charge in [-0.25, -0.2) is 0 Å². The molecule has 2 nitrogen and oxygen atoms in total. The minimum Gasteiger partial charge on any atom is -0.420 e. The molecule has 0 heterocycles. The Morgan fingerprint density at radius 1 is 1.08 bits per heavy atom. The highest BCUT2D eigenvalue weighted by atomic mass is 28.4.